The van der Waals surface area contributed by atoms with Crippen LogP contribution in [0.1, 0.15) is 59.9 Å². The molecule has 1 heterocycles. The Bertz CT molecular complexity index is 1740. The molecule has 1 saturated heterocycles. The van der Waals surface area contributed by atoms with E-state index in [1.165, 1.54) is 0 Å². The van der Waals surface area contributed by atoms with Crippen LogP contribution in [0.25, 0.3) is 0 Å². The van der Waals surface area contributed by atoms with E-state index in [4.69, 9.17) is 11.5 Å². The Labute approximate surface area is 309 Å². The van der Waals surface area contributed by atoms with Crippen molar-refractivity contribution in [2.75, 3.05) is 6.54 Å². The first-order valence-electron chi connectivity index (χ1n) is 17.9. The third-order valence-electron chi connectivity index (χ3n) is 9.50. The monoisotopic (exact) mass is 726 g/mol. The van der Waals surface area contributed by atoms with Gasteiger partial charge in [0.25, 0.3) is 0 Å². The molecule has 1 aliphatic heterocycles. The number of benzene rings is 3. The molecule has 0 spiro atoms. The molecule has 13 heteroatoms. The molecule has 4 rings (SSSR count). The second-order valence-corrected chi connectivity index (χ2v) is 13.8. The first-order chi connectivity index (χ1) is 25.3. The van der Waals surface area contributed by atoms with Gasteiger partial charge < -0.3 is 37.8 Å². The molecule has 282 valence electrons. The van der Waals surface area contributed by atoms with Gasteiger partial charge in [0.05, 0.1) is 18.5 Å². The van der Waals surface area contributed by atoms with Crippen LogP contribution >= 0.6 is 0 Å². The molecule has 0 radical (unpaired) electrons. The molecular formula is C40H50N6O7. The molecule has 13 nitrogen and oxygen atoms in total. The Hall–Kier alpha value is -5.56. The lowest BCUT2D eigenvalue weighted by Gasteiger charge is -2.26. The predicted octanol–water partition coefficient (Wildman–Crippen LogP) is 1.57. The first kappa shape index (κ1) is 40.2. The summed E-state index contributed by atoms with van der Waals surface area (Å²) in [6.07, 6.45) is 0.717. The molecule has 0 aromatic heterocycles. The predicted molar refractivity (Wildman–Crippen MR) is 199 cm³/mol. The number of phenolic OH excluding ortho intramolecular Hbond substituents is 1. The van der Waals surface area contributed by atoms with E-state index in [-0.39, 0.29) is 50.8 Å². The Morgan fingerprint density at radius 3 is 2.06 bits per heavy atom. The first-order valence-corrected chi connectivity index (χ1v) is 17.9. The van der Waals surface area contributed by atoms with Gasteiger partial charge in [-0.1, -0.05) is 60.7 Å². The largest absolute Gasteiger partial charge is 0.508 e. The third-order valence-corrected chi connectivity index (χ3v) is 9.50. The van der Waals surface area contributed by atoms with Gasteiger partial charge in [0.15, 0.2) is 5.78 Å². The van der Waals surface area contributed by atoms with E-state index in [2.05, 4.69) is 21.3 Å². The molecule has 0 bridgehead atoms. The number of carbonyl (C=O) groups excluding carboxylic acids is 6. The SMILES string of the molecule is Cc1cc(O)cc(C)c1C[C@@H](N)C(=O)N[C@@H]1CCCCNC(=O)C[C@@H](C(N)=O)NC(=O)[C@H](Cc2ccccc2)CC(=O)[C@H](Cc2ccccc2)NC1=O. The van der Waals surface area contributed by atoms with Crippen molar-refractivity contribution < 1.29 is 33.9 Å². The highest BCUT2D eigenvalue weighted by Crippen LogP contribution is 2.22. The lowest BCUT2D eigenvalue weighted by atomic mass is 9.89. The summed E-state index contributed by atoms with van der Waals surface area (Å²) in [5.74, 6) is -4.50. The van der Waals surface area contributed by atoms with Crippen LogP contribution in [0, 0.1) is 19.8 Å². The van der Waals surface area contributed by atoms with Crippen LogP contribution < -0.4 is 32.7 Å². The van der Waals surface area contributed by atoms with Crippen molar-refractivity contribution in [2.24, 2.45) is 17.4 Å². The number of nitrogens with two attached hydrogens (primary N) is 2. The molecule has 53 heavy (non-hydrogen) atoms. The smallest absolute Gasteiger partial charge is 0.243 e. The van der Waals surface area contributed by atoms with Gasteiger partial charge in [0, 0.05) is 18.9 Å². The van der Waals surface area contributed by atoms with E-state index < -0.39 is 65.4 Å². The van der Waals surface area contributed by atoms with Crippen LogP contribution in [0.3, 0.4) is 0 Å². The number of aromatic hydroxyl groups is 1. The van der Waals surface area contributed by atoms with Crippen molar-refractivity contribution in [1.82, 2.24) is 21.3 Å². The third kappa shape index (κ3) is 12.3. The second kappa shape index (κ2) is 19.3. The highest BCUT2D eigenvalue weighted by Gasteiger charge is 2.33. The van der Waals surface area contributed by atoms with Gasteiger partial charge in [0.1, 0.15) is 17.8 Å². The number of phenols is 1. The lowest BCUT2D eigenvalue weighted by molar-refractivity contribution is -0.135. The minimum absolute atomic E-state index is 0.107. The summed E-state index contributed by atoms with van der Waals surface area (Å²) in [6, 6.07) is 16.9. The lowest BCUT2D eigenvalue weighted by Crippen LogP contribution is -2.55. The molecule has 1 aliphatic rings. The Balaban J connectivity index is 1.63. The van der Waals surface area contributed by atoms with Crippen LogP contribution in [0.5, 0.6) is 5.75 Å². The van der Waals surface area contributed by atoms with Crippen molar-refractivity contribution in [1.29, 1.82) is 0 Å². The maximum atomic E-state index is 14.2. The molecule has 0 aliphatic carbocycles. The molecule has 5 atom stereocenters. The van der Waals surface area contributed by atoms with E-state index in [9.17, 15) is 33.9 Å². The molecule has 9 N–H and O–H groups in total. The van der Waals surface area contributed by atoms with Gasteiger partial charge >= 0.3 is 0 Å². The van der Waals surface area contributed by atoms with Gasteiger partial charge in [-0.2, -0.15) is 0 Å². The van der Waals surface area contributed by atoms with Crippen LogP contribution in [-0.2, 0) is 48.0 Å². The van der Waals surface area contributed by atoms with Gasteiger partial charge in [-0.3, -0.25) is 28.8 Å². The van der Waals surface area contributed by atoms with Crippen molar-refractivity contribution in [3.8, 4) is 5.75 Å². The highest BCUT2D eigenvalue weighted by molar-refractivity contribution is 5.97. The van der Waals surface area contributed by atoms with Crippen molar-refractivity contribution in [2.45, 2.75) is 89.4 Å². The summed E-state index contributed by atoms with van der Waals surface area (Å²) in [7, 11) is 0. The van der Waals surface area contributed by atoms with E-state index in [0.717, 1.165) is 27.8 Å². The zero-order valence-corrected chi connectivity index (χ0v) is 30.2. The van der Waals surface area contributed by atoms with Gasteiger partial charge in [-0.25, -0.2) is 0 Å². The normalized spacial score (nSPS) is 21.3. The fourth-order valence-electron chi connectivity index (χ4n) is 6.53. The Kier molecular flexibility index (Phi) is 14.7. The second-order valence-electron chi connectivity index (χ2n) is 13.8. The number of hydrogen-bond acceptors (Lipinski definition) is 8. The number of primary amides is 1. The molecular weight excluding hydrogens is 676 g/mol. The number of amides is 5. The molecule has 0 saturated carbocycles. The summed E-state index contributed by atoms with van der Waals surface area (Å²) in [5.41, 5.74) is 15.8. The van der Waals surface area contributed by atoms with Crippen molar-refractivity contribution in [3.63, 3.8) is 0 Å². The number of nitrogens with one attached hydrogen (secondary N) is 4. The summed E-state index contributed by atoms with van der Waals surface area (Å²) in [5, 5.41) is 20.9. The number of Topliss-reactive ketones (excluding diaryl/α,β-unsaturated/α-hetero) is 1. The van der Waals surface area contributed by atoms with Gasteiger partial charge in [-0.15, -0.1) is 0 Å². The minimum Gasteiger partial charge on any atom is -0.508 e. The molecule has 1 fully saturated rings. The topological polar surface area (TPSA) is 223 Å². The van der Waals surface area contributed by atoms with Gasteiger partial charge in [-0.05, 0) is 92.3 Å². The van der Waals surface area contributed by atoms with Crippen molar-refractivity contribution in [3.05, 3.63) is 101 Å². The fraction of sp³-hybridized carbons (Fsp3) is 0.400. The summed E-state index contributed by atoms with van der Waals surface area (Å²) in [4.78, 5) is 80.5. The van der Waals surface area contributed by atoms with Crippen LogP contribution in [0.4, 0.5) is 0 Å². The number of carbonyl (C=O) groups is 6. The Morgan fingerprint density at radius 1 is 0.849 bits per heavy atom. The van der Waals surface area contributed by atoms with Crippen molar-refractivity contribution >= 4 is 35.3 Å². The number of hydrogen-bond donors (Lipinski definition) is 7. The highest BCUT2D eigenvalue weighted by atomic mass is 16.3. The maximum Gasteiger partial charge on any atom is 0.243 e. The maximum absolute atomic E-state index is 14.2. The van der Waals surface area contributed by atoms with Crippen LogP contribution in [0.15, 0.2) is 72.8 Å². The molecule has 3 aromatic rings. The zero-order chi connectivity index (χ0) is 38.5. The zero-order valence-electron chi connectivity index (χ0n) is 30.2. The standard InChI is InChI=1S/C40H50N6O7/c1-24-17-29(47)18-25(2)30(24)22-31(41)39(52)44-32-15-9-10-16-43-36(49)23-34(37(42)50)46-38(51)28(19-26-11-5-3-6-12-26)21-35(48)33(45-40(32)53)20-27-13-7-4-8-14-27/h3-8,11-14,17-18,28,31-34,47H,9-10,15-16,19-23,41H2,1-2H3,(H2,42,50)(H,43,49)(H,44,52)(H,45,53)(H,46,51)/t28-,31-,32-,33+,34+/m1/s1. The quantitative estimate of drug-likeness (QED) is 0.171. The van der Waals surface area contributed by atoms with Gasteiger partial charge in [0.2, 0.25) is 29.5 Å². The molecule has 0 unspecified atom stereocenters. The number of rotatable bonds is 9. The summed E-state index contributed by atoms with van der Waals surface area (Å²) < 4.78 is 0. The number of aryl methyl sites for hydroxylation is 2. The fourth-order valence-corrected chi connectivity index (χ4v) is 6.53. The minimum atomic E-state index is -1.30. The van der Waals surface area contributed by atoms with E-state index in [1.807, 2.05) is 62.4 Å². The summed E-state index contributed by atoms with van der Waals surface area (Å²) >= 11 is 0. The van der Waals surface area contributed by atoms with E-state index >= 15 is 0 Å². The average molecular weight is 727 g/mol. The molecule has 3 aromatic carbocycles. The molecule has 5 amide bonds. The Morgan fingerprint density at radius 2 is 1.45 bits per heavy atom. The number of ketones is 1. The van der Waals surface area contributed by atoms with Crippen LogP contribution in [-0.4, -0.2) is 71.1 Å². The van der Waals surface area contributed by atoms with Crippen LogP contribution in [0.2, 0.25) is 0 Å². The van der Waals surface area contributed by atoms with E-state index in [1.54, 1.807) is 24.3 Å². The average Bonchev–Trinajstić information content (AvgIpc) is 3.11. The van der Waals surface area contributed by atoms with E-state index in [0.29, 0.717) is 12.8 Å². The summed E-state index contributed by atoms with van der Waals surface area (Å²) in [6.45, 7) is 3.83.